The third-order valence-electron chi connectivity index (χ3n) is 8.34. The number of nitrogens with zero attached hydrogens (tertiary/aromatic N) is 3. The summed E-state index contributed by atoms with van der Waals surface area (Å²) in [6.07, 6.45) is 8.27. The Balaban J connectivity index is 1.55. The summed E-state index contributed by atoms with van der Waals surface area (Å²) in [6.45, 7) is 17.6. The first-order valence-electron chi connectivity index (χ1n) is 13.5. The maximum absolute atomic E-state index is 5.34. The molecule has 1 aromatic rings. The molecular weight excluding hydrogens is 406 g/mol. The van der Waals surface area contributed by atoms with Crippen LogP contribution in [-0.2, 0) is 4.74 Å². The van der Waals surface area contributed by atoms with Crippen LogP contribution < -0.4 is 9.80 Å². The van der Waals surface area contributed by atoms with E-state index in [0.717, 1.165) is 32.2 Å². The van der Waals surface area contributed by atoms with E-state index in [4.69, 9.17) is 4.74 Å². The molecule has 3 fully saturated rings. The summed E-state index contributed by atoms with van der Waals surface area (Å²) in [5, 5.41) is 0. The SMILES string of the molecule is COCCN(C)c1ccc(C2CC(C)(C)CC(C)(C)C2)c(N2CCN(CCC3CC3)CC2)c1. The second kappa shape index (κ2) is 10.2. The van der Waals surface area contributed by atoms with Gasteiger partial charge in [-0.3, -0.25) is 4.90 Å². The van der Waals surface area contributed by atoms with Crippen molar-refractivity contribution in [2.24, 2.45) is 16.7 Å². The minimum atomic E-state index is 0.402. The van der Waals surface area contributed by atoms with E-state index in [1.165, 1.54) is 69.5 Å². The second-order valence-electron chi connectivity index (χ2n) is 12.8. The Hall–Kier alpha value is -1.26. The van der Waals surface area contributed by atoms with E-state index in [2.05, 4.69) is 67.6 Å². The highest BCUT2D eigenvalue weighted by molar-refractivity contribution is 5.65. The number of rotatable bonds is 9. The fraction of sp³-hybridized carbons (Fsp3) is 0.793. The summed E-state index contributed by atoms with van der Waals surface area (Å²) >= 11 is 0. The molecule has 0 amide bonds. The van der Waals surface area contributed by atoms with Gasteiger partial charge in [0.1, 0.15) is 0 Å². The largest absolute Gasteiger partial charge is 0.383 e. The molecule has 2 saturated carbocycles. The first-order valence-corrected chi connectivity index (χ1v) is 13.5. The summed E-state index contributed by atoms with van der Waals surface area (Å²) in [5.74, 6) is 1.68. The van der Waals surface area contributed by atoms with Crippen LogP contribution in [0.1, 0.15) is 77.7 Å². The van der Waals surface area contributed by atoms with Crippen molar-refractivity contribution in [1.82, 2.24) is 4.90 Å². The van der Waals surface area contributed by atoms with Crippen molar-refractivity contribution in [3.63, 3.8) is 0 Å². The Bertz CT molecular complexity index is 761. The van der Waals surface area contributed by atoms with E-state index in [0.29, 0.717) is 16.7 Å². The van der Waals surface area contributed by atoms with Crippen molar-refractivity contribution in [3.05, 3.63) is 23.8 Å². The van der Waals surface area contributed by atoms with Crippen molar-refractivity contribution in [1.29, 1.82) is 0 Å². The van der Waals surface area contributed by atoms with Gasteiger partial charge in [0.15, 0.2) is 0 Å². The van der Waals surface area contributed by atoms with Crippen molar-refractivity contribution in [3.8, 4) is 0 Å². The molecule has 3 aliphatic rings. The minimum Gasteiger partial charge on any atom is -0.383 e. The Labute approximate surface area is 203 Å². The first-order chi connectivity index (χ1) is 15.7. The Morgan fingerprint density at radius 1 is 1.00 bits per heavy atom. The van der Waals surface area contributed by atoms with E-state index in [9.17, 15) is 0 Å². The fourth-order valence-corrected chi connectivity index (χ4v) is 6.80. The number of benzene rings is 1. The number of ether oxygens (including phenoxy) is 1. The molecule has 186 valence electrons. The second-order valence-corrected chi connectivity index (χ2v) is 12.8. The molecule has 4 heteroatoms. The lowest BCUT2D eigenvalue weighted by Crippen LogP contribution is -2.47. The highest BCUT2D eigenvalue weighted by Gasteiger charge is 2.40. The Kier molecular flexibility index (Phi) is 7.65. The third-order valence-corrected chi connectivity index (χ3v) is 8.34. The summed E-state index contributed by atoms with van der Waals surface area (Å²) in [7, 11) is 3.98. The van der Waals surface area contributed by atoms with Crippen molar-refractivity contribution >= 4 is 11.4 Å². The van der Waals surface area contributed by atoms with Crippen LogP contribution in [0.3, 0.4) is 0 Å². The Morgan fingerprint density at radius 2 is 1.67 bits per heavy atom. The molecule has 0 bridgehead atoms. The lowest BCUT2D eigenvalue weighted by Gasteiger charge is -2.46. The lowest BCUT2D eigenvalue weighted by molar-refractivity contribution is 0.0970. The minimum absolute atomic E-state index is 0.402. The van der Waals surface area contributed by atoms with Crippen LogP contribution in [0.15, 0.2) is 18.2 Å². The number of likely N-dealkylation sites (N-methyl/N-ethyl adjacent to an activating group) is 1. The summed E-state index contributed by atoms with van der Waals surface area (Å²) in [6, 6.07) is 7.31. The van der Waals surface area contributed by atoms with Crippen molar-refractivity contribution in [2.45, 2.75) is 72.1 Å². The summed E-state index contributed by atoms with van der Waals surface area (Å²) in [4.78, 5) is 7.75. The average molecular weight is 456 g/mol. The first kappa shape index (κ1) is 24.9. The molecule has 0 unspecified atom stereocenters. The number of hydrogen-bond acceptors (Lipinski definition) is 4. The van der Waals surface area contributed by atoms with Gasteiger partial charge >= 0.3 is 0 Å². The number of methoxy groups -OCH3 is 1. The zero-order chi connectivity index (χ0) is 23.6. The van der Waals surface area contributed by atoms with E-state index in [1.54, 1.807) is 12.7 Å². The van der Waals surface area contributed by atoms with E-state index >= 15 is 0 Å². The molecule has 4 nitrogen and oxygen atoms in total. The van der Waals surface area contributed by atoms with Crippen LogP contribution in [0.2, 0.25) is 0 Å². The van der Waals surface area contributed by atoms with Crippen LogP contribution in [0.5, 0.6) is 0 Å². The smallest absolute Gasteiger partial charge is 0.0637 e. The highest BCUT2D eigenvalue weighted by Crippen LogP contribution is 2.53. The normalized spacial score (nSPS) is 23.6. The molecule has 4 rings (SSSR count). The van der Waals surface area contributed by atoms with Gasteiger partial charge in [0.25, 0.3) is 0 Å². The van der Waals surface area contributed by atoms with Gasteiger partial charge in [-0.15, -0.1) is 0 Å². The van der Waals surface area contributed by atoms with Crippen molar-refractivity contribution in [2.75, 3.05) is 69.8 Å². The zero-order valence-electron chi connectivity index (χ0n) is 22.3. The van der Waals surface area contributed by atoms with Gasteiger partial charge in [-0.1, -0.05) is 46.6 Å². The van der Waals surface area contributed by atoms with Crippen LogP contribution >= 0.6 is 0 Å². The molecule has 1 saturated heterocycles. The molecular formula is C29H49N3O. The van der Waals surface area contributed by atoms with Gasteiger partial charge in [-0.25, -0.2) is 0 Å². The molecule has 0 spiro atoms. The summed E-state index contributed by atoms with van der Waals surface area (Å²) in [5.41, 5.74) is 5.21. The molecule has 0 N–H and O–H groups in total. The molecule has 1 aliphatic heterocycles. The standard InChI is InChI=1S/C29H49N3O/c1-28(2)20-24(21-29(3,4)22-28)26-10-9-25(30(5)17-18-33-6)19-27(26)32-15-13-31(14-16-32)12-11-23-7-8-23/h9-10,19,23-24H,7-8,11-18,20-22H2,1-6H3. The monoisotopic (exact) mass is 455 g/mol. The van der Waals surface area contributed by atoms with Gasteiger partial charge in [-0.2, -0.15) is 0 Å². The Morgan fingerprint density at radius 3 is 2.27 bits per heavy atom. The quantitative estimate of drug-likeness (QED) is 0.454. The molecule has 0 radical (unpaired) electrons. The van der Waals surface area contributed by atoms with Crippen molar-refractivity contribution < 1.29 is 4.74 Å². The topological polar surface area (TPSA) is 19.0 Å². The molecule has 1 heterocycles. The molecule has 1 aromatic carbocycles. The number of hydrogen-bond donors (Lipinski definition) is 0. The van der Waals surface area contributed by atoms with Crippen LogP contribution in [0.25, 0.3) is 0 Å². The lowest BCUT2D eigenvalue weighted by atomic mass is 9.60. The number of piperazine rings is 1. The molecule has 2 aliphatic carbocycles. The molecule has 0 atom stereocenters. The van der Waals surface area contributed by atoms with Crippen LogP contribution in [-0.4, -0.2) is 64.9 Å². The van der Waals surface area contributed by atoms with E-state index in [1.807, 2.05) is 0 Å². The van der Waals surface area contributed by atoms with Gasteiger partial charge in [-0.05, 0) is 72.6 Å². The maximum Gasteiger partial charge on any atom is 0.0637 e. The van der Waals surface area contributed by atoms with Gasteiger partial charge < -0.3 is 14.5 Å². The molecule has 0 aromatic heterocycles. The molecule has 33 heavy (non-hydrogen) atoms. The predicted molar refractivity (Wildman–Crippen MR) is 142 cm³/mol. The average Bonchev–Trinajstić information content (AvgIpc) is 3.58. The highest BCUT2D eigenvalue weighted by atomic mass is 16.5. The third kappa shape index (κ3) is 6.66. The maximum atomic E-state index is 5.34. The van der Waals surface area contributed by atoms with Gasteiger partial charge in [0.2, 0.25) is 0 Å². The van der Waals surface area contributed by atoms with Crippen LogP contribution in [0.4, 0.5) is 11.4 Å². The van der Waals surface area contributed by atoms with Gasteiger partial charge in [0, 0.05) is 58.3 Å². The van der Waals surface area contributed by atoms with Gasteiger partial charge in [0.05, 0.1) is 6.61 Å². The predicted octanol–water partition coefficient (Wildman–Crippen LogP) is 6.01. The summed E-state index contributed by atoms with van der Waals surface area (Å²) < 4.78 is 5.34. The number of anilines is 2. The van der Waals surface area contributed by atoms with E-state index < -0.39 is 0 Å². The zero-order valence-corrected chi connectivity index (χ0v) is 22.3. The van der Waals surface area contributed by atoms with E-state index in [-0.39, 0.29) is 0 Å². The fourth-order valence-electron chi connectivity index (χ4n) is 6.80. The van der Waals surface area contributed by atoms with Crippen LogP contribution in [0, 0.1) is 16.7 Å².